The van der Waals surface area contributed by atoms with Crippen molar-refractivity contribution in [3.05, 3.63) is 18.2 Å². The first kappa shape index (κ1) is 19.6. The topological polar surface area (TPSA) is 57.6 Å². The molecule has 2 rings (SSSR count). The van der Waals surface area contributed by atoms with Gasteiger partial charge in [-0.3, -0.25) is 4.55 Å². The van der Waals surface area contributed by atoms with Crippen molar-refractivity contribution in [2.75, 3.05) is 17.3 Å². The van der Waals surface area contributed by atoms with Crippen LogP contribution in [0.2, 0.25) is 0 Å². The van der Waals surface area contributed by atoms with Gasteiger partial charge in [-0.05, 0) is 25.1 Å². The van der Waals surface area contributed by atoms with E-state index in [1.807, 2.05) is 6.92 Å². The first-order chi connectivity index (χ1) is 7.02. The van der Waals surface area contributed by atoms with Gasteiger partial charge in [-0.2, -0.15) is 8.42 Å². The minimum absolute atomic E-state index is 0. The molecule has 0 radical (unpaired) electrons. The van der Waals surface area contributed by atoms with Gasteiger partial charge in [0.05, 0.1) is 16.5 Å². The second-order valence-corrected chi connectivity index (χ2v) is 5.64. The number of thioether (sulfide) groups is 1. The van der Waals surface area contributed by atoms with E-state index in [-0.39, 0.29) is 108 Å². The summed E-state index contributed by atoms with van der Waals surface area (Å²) in [4.78, 5) is 3.02. The first-order valence-electron chi connectivity index (χ1n) is 4.51. The zero-order valence-corrected chi connectivity index (χ0v) is 9.81. The standard InChI is InChI=1S/C9H11NO3S2.2K.2H/c1-2-10-6-14-9-5-7(15(11,12)13)3-4-8(9)10;;;;/h3-5H,2,6H2,1H3,(H,11,12,13);;;;. The molecule has 1 heterocycles. The Hall–Kier alpha value is 2.55. The van der Waals surface area contributed by atoms with E-state index in [9.17, 15) is 8.42 Å². The third-order valence-electron chi connectivity index (χ3n) is 2.33. The molecule has 1 aromatic carbocycles. The Morgan fingerprint density at radius 3 is 2.59 bits per heavy atom. The van der Waals surface area contributed by atoms with Gasteiger partial charge in [0.25, 0.3) is 10.1 Å². The van der Waals surface area contributed by atoms with Crippen molar-refractivity contribution in [3.8, 4) is 0 Å². The number of nitrogens with zero attached hydrogens (tertiary/aromatic N) is 1. The molecule has 0 unspecified atom stereocenters. The van der Waals surface area contributed by atoms with Gasteiger partial charge in [0, 0.05) is 11.4 Å². The van der Waals surface area contributed by atoms with Gasteiger partial charge in [-0.25, -0.2) is 0 Å². The molecule has 0 saturated heterocycles. The Bertz CT molecular complexity index is 493. The molecule has 0 atom stereocenters. The summed E-state index contributed by atoms with van der Waals surface area (Å²) < 4.78 is 30.7. The summed E-state index contributed by atoms with van der Waals surface area (Å²) in [7, 11) is -4.08. The molecule has 8 heteroatoms. The van der Waals surface area contributed by atoms with Crippen LogP contribution in [0.4, 0.5) is 5.69 Å². The molecular formula is C9H13K2NO3S2. The first-order valence-corrected chi connectivity index (χ1v) is 6.94. The van der Waals surface area contributed by atoms with Crippen LogP contribution in [0.15, 0.2) is 28.0 Å². The molecule has 0 amide bonds. The van der Waals surface area contributed by atoms with E-state index in [1.165, 1.54) is 12.1 Å². The summed E-state index contributed by atoms with van der Waals surface area (Å²) in [6, 6.07) is 4.69. The Balaban J connectivity index is 0.00000128. The Kier molecular flexibility index (Phi) is 9.32. The number of hydrogen-bond donors (Lipinski definition) is 1. The molecule has 0 spiro atoms. The van der Waals surface area contributed by atoms with Crippen molar-refractivity contribution in [2.45, 2.75) is 16.7 Å². The molecule has 86 valence electrons. The number of hydrogen-bond acceptors (Lipinski definition) is 4. The molecule has 1 aromatic rings. The average Bonchev–Trinajstić information content (AvgIpc) is 2.58. The predicted molar refractivity (Wildman–Crippen MR) is 74.3 cm³/mol. The second kappa shape index (κ2) is 8.11. The Morgan fingerprint density at radius 2 is 2.06 bits per heavy atom. The van der Waals surface area contributed by atoms with Crippen molar-refractivity contribution in [1.29, 1.82) is 0 Å². The van der Waals surface area contributed by atoms with Gasteiger partial charge in [-0.1, -0.05) is 0 Å². The molecule has 17 heavy (non-hydrogen) atoms. The number of anilines is 1. The van der Waals surface area contributed by atoms with Crippen LogP contribution in [-0.4, -0.2) is 128 Å². The summed E-state index contributed by atoms with van der Waals surface area (Å²) >= 11 is 1.58. The molecule has 0 aliphatic carbocycles. The zero-order valence-electron chi connectivity index (χ0n) is 8.17. The van der Waals surface area contributed by atoms with Gasteiger partial charge in [0.15, 0.2) is 0 Å². The van der Waals surface area contributed by atoms with Crippen molar-refractivity contribution >= 4 is 130 Å². The molecule has 1 aliphatic heterocycles. The van der Waals surface area contributed by atoms with E-state index in [4.69, 9.17) is 4.55 Å². The fourth-order valence-corrected chi connectivity index (χ4v) is 3.26. The summed E-state index contributed by atoms with van der Waals surface area (Å²) in [5, 5.41) is 0. The van der Waals surface area contributed by atoms with Gasteiger partial charge >= 0.3 is 103 Å². The number of fused-ring (bicyclic) bond motifs is 1. The van der Waals surface area contributed by atoms with Crippen LogP contribution in [0.1, 0.15) is 6.92 Å². The van der Waals surface area contributed by atoms with Gasteiger partial charge < -0.3 is 4.90 Å². The van der Waals surface area contributed by atoms with E-state index in [1.54, 1.807) is 17.8 Å². The van der Waals surface area contributed by atoms with E-state index in [0.717, 1.165) is 23.0 Å². The quantitative estimate of drug-likeness (QED) is 0.635. The molecule has 0 saturated carbocycles. The van der Waals surface area contributed by atoms with E-state index in [2.05, 4.69) is 4.90 Å². The normalized spacial score (nSPS) is 13.6. The summed E-state index contributed by atoms with van der Waals surface area (Å²) in [6.45, 7) is 2.94. The second-order valence-electron chi connectivity index (χ2n) is 3.23. The van der Waals surface area contributed by atoms with Crippen molar-refractivity contribution in [3.63, 3.8) is 0 Å². The molecular weight excluding hydrogens is 312 g/mol. The van der Waals surface area contributed by atoms with Crippen LogP contribution >= 0.6 is 11.8 Å². The maximum atomic E-state index is 10.9. The maximum absolute atomic E-state index is 10.9. The SMILES string of the molecule is CCN1CSc2cc(S(=O)(=O)O)ccc21.[KH].[KH]. The monoisotopic (exact) mass is 325 g/mol. The third kappa shape index (κ3) is 4.80. The van der Waals surface area contributed by atoms with Crippen LogP contribution in [0.5, 0.6) is 0 Å². The molecule has 4 nitrogen and oxygen atoms in total. The van der Waals surface area contributed by atoms with Crippen molar-refractivity contribution < 1.29 is 13.0 Å². The van der Waals surface area contributed by atoms with E-state index < -0.39 is 10.1 Å². The Morgan fingerprint density at radius 1 is 1.41 bits per heavy atom. The fourth-order valence-electron chi connectivity index (χ4n) is 1.51. The van der Waals surface area contributed by atoms with Gasteiger partial charge in [0.1, 0.15) is 0 Å². The third-order valence-corrected chi connectivity index (χ3v) is 4.26. The van der Waals surface area contributed by atoms with Gasteiger partial charge in [0.2, 0.25) is 0 Å². The van der Waals surface area contributed by atoms with Crippen LogP contribution in [-0.2, 0) is 10.1 Å². The van der Waals surface area contributed by atoms with Crippen LogP contribution < -0.4 is 4.90 Å². The number of rotatable bonds is 2. The Labute approximate surface area is 191 Å². The predicted octanol–water partition coefficient (Wildman–Crippen LogP) is 0.526. The van der Waals surface area contributed by atoms with Crippen molar-refractivity contribution in [1.82, 2.24) is 0 Å². The minimum atomic E-state index is -4.08. The van der Waals surface area contributed by atoms with E-state index in [0.29, 0.717) is 0 Å². The van der Waals surface area contributed by atoms with Crippen LogP contribution in [0.3, 0.4) is 0 Å². The van der Waals surface area contributed by atoms with Crippen LogP contribution in [0, 0.1) is 0 Å². The average molecular weight is 326 g/mol. The zero-order chi connectivity index (χ0) is 11.1. The van der Waals surface area contributed by atoms with Gasteiger partial charge in [-0.15, -0.1) is 11.8 Å². The summed E-state index contributed by atoms with van der Waals surface area (Å²) in [6.07, 6.45) is 0. The molecule has 0 aromatic heterocycles. The van der Waals surface area contributed by atoms with Crippen LogP contribution in [0.25, 0.3) is 0 Å². The molecule has 0 fully saturated rings. The molecule has 1 aliphatic rings. The summed E-state index contributed by atoms with van der Waals surface area (Å²) in [5.74, 6) is 0.834. The fraction of sp³-hybridized carbons (Fsp3) is 0.333. The molecule has 1 N–H and O–H groups in total. The summed E-state index contributed by atoms with van der Waals surface area (Å²) in [5.41, 5.74) is 1.04. The number of benzene rings is 1. The molecule has 0 bridgehead atoms. The van der Waals surface area contributed by atoms with E-state index >= 15 is 0 Å². The van der Waals surface area contributed by atoms with Crippen molar-refractivity contribution in [2.24, 2.45) is 0 Å².